The summed E-state index contributed by atoms with van der Waals surface area (Å²) in [7, 11) is 0. The molecule has 8 heteroatoms. The number of hydrogen-bond donors (Lipinski definition) is 0. The molecule has 0 spiro atoms. The van der Waals surface area contributed by atoms with Gasteiger partial charge in [0.15, 0.2) is 0 Å². The smallest absolute Gasteiger partial charge is 0.145 e. The molecule has 14 rings (SSSR count). The first-order valence-corrected chi connectivity index (χ1v) is 22.3. The van der Waals surface area contributed by atoms with Crippen molar-refractivity contribution >= 4 is 87.0 Å². The molecule has 0 saturated heterocycles. The number of pyridine rings is 7. The Labute approximate surface area is 382 Å². The lowest BCUT2D eigenvalue weighted by Crippen LogP contribution is -1.99. The fraction of sp³-hybridized carbons (Fsp3) is 0. The van der Waals surface area contributed by atoms with Crippen molar-refractivity contribution in [3.05, 3.63) is 207 Å². The van der Waals surface area contributed by atoms with Gasteiger partial charge in [0, 0.05) is 109 Å². The van der Waals surface area contributed by atoms with Crippen LogP contribution in [-0.2, 0) is 0 Å². The molecule has 0 fully saturated rings. The third-order valence-electron chi connectivity index (χ3n) is 13.3. The van der Waals surface area contributed by atoms with Gasteiger partial charge in [0.2, 0.25) is 0 Å². The molecule has 310 valence electrons. The Bertz CT molecular complexity index is 4330. The van der Waals surface area contributed by atoms with E-state index < -0.39 is 0 Å². The lowest BCUT2D eigenvalue weighted by molar-refractivity contribution is 1.10. The number of rotatable bonds is 5. The molecule has 0 N–H and O–H groups in total. The highest BCUT2D eigenvalue weighted by molar-refractivity contribution is 6.23. The molecule has 8 aromatic heterocycles. The van der Waals surface area contributed by atoms with Gasteiger partial charge in [0.25, 0.3) is 0 Å². The summed E-state index contributed by atoms with van der Waals surface area (Å²) in [5.41, 5.74) is 13.7. The summed E-state index contributed by atoms with van der Waals surface area (Å²) in [5.74, 6) is 0.883. The molecule has 14 aromatic rings. The molecule has 0 bridgehead atoms. The summed E-state index contributed by atoms with van der Waals surface area (Å²) < 4.78 is 2.34. The van der Waals surface area contributed by atoms with E-state index in [1.165, 1.54) is 0 Å². The zero-order chi connectivity index (χ0) is 44.0. The first kappa shape index (κ1) is 37.1. The Kier molecular flexibility index (Phi) is 8.11. The molecule has 0 unspecified atom stereocenters. The van der Waals surface area contributed by atoms with Gasteiger partial charge >= 0.3 is 0 Å². The van der Waals surface area contributed by atoms with E-state index in [1.807, 2.05) is 67.6 Å². The van der Waals surface area contributed by atoms with Crippen LogP contribution >= 0.6 is 0 Å². The minimum Gasteiger partial charge on any atom is -0.293 e. The maximum Gasteiger partial charge on any atom is 0.145 e. The number of aromatic nitrogens is 8. The topological polar surface area (TPSA) is 95.2 Å². The highest BCUT2D eigenvalue weighted by Gasteiger charge is 2.22. The highest BCUT2D eigenvalue weighted by Crippen LogP contribution is 2.43. The molecule has 0 atom stereocenters. The number of hydrogen-bond acceptors (Lipinski definition) is 7. The maximum atomic E-state index is 5.22. The molecule has 8 nitrogen and oxygen atoms in total. The van der Waals surface area contributed by atoms with E-state index in [9.17, 15) is 0 Å². The predicted molar refractivity (Wildman–Crippen MR) is 272 cm³/mol. The van der Waals surface area contributed by atoms with E-state index in [0.29, 0.717) is 0 Å². The average Bonchev–Trinajstić information content (AvgIpc) is 3.73. The second-order valence-corrected chi connectivity index (χ2v) is 17.0. The Balaban J connectivity index is 0.960. The van der Waals surface area contributed by atoms with Crippen LogP contribution in [0.5, 0.6) is 0 Å². The van der Waals surface area contributed by atoms with Gasteiger partial charge in [-0.05, 0) is 94.7 Å². The van der Waals surface area contributed by atoms with Crippen molar-refractivity contribution in [2.24, 2.45) is 0 Å². The van der Waals surface area contributed by atoms with E-state index in [4.69, 9.17) is 24.9 Å². The van der Waals surface area contributed by atoms with Crippen LogP contribution in [0.2, 0.25) is 0 Å². The molecule has 8 heterocycles. The predicted octanol–water partition coefficient (Wildman–Crippen LogP) is 14.1. The number of nitrogens with zero attached hydrogens (tertiary/aromatic N) is 8. The lowest BCUT2D eigenvalue weighted by atomic mass is 9.95. The van der Waals surface area contributed by atoms with Gasteiger partial charge in [0.05, 0.1) is 44.5 Å². The summed E-state index contributed by atoms with van der Waals surface area (Å²) in [4.78, 5) is 34.3. The highest BCUT2D eigenvalue weighted by atomic mass is 15.1. The van der Waals surface area contributed by atoms with Crippen molar-refractivity contribution < 1.29 is 0 Å². The van der Waals surface area contributed by atoms with Crippen LogP contribution in [0.1, 0.15) is 0 Å². The van der Waals surface area contributed by atoms with Crippen LogP contribution in [0.4, 0.5) is 0 Å². The number of benzene rings is 6. The molecule has 0 amide bonds. The van der Waals surface area contributed by atoms with Gasteiger partial charge < -0.3 is 0 Å². The molecular weight excluding hydrogens is 821 g/mol. The standard InChI is InChI=1S/C59H34N8/c1-2-12-41-35(9-1)23-28-64-59(41)67-53-22-19-36(51-20-17-39(33-65-51)46-30-37-10-5-24-60-54(37)56-43(46)15-7-26-62-56)29-49(53)50-32-48(42-13-3-4-14-45(42)58(50)67)52-21-18-40(34-66-52)47-31-38-11-6-25-61-55(38)57-44(47)16-8-27-63-57/h1-34H. The summed E-state index contributed by atoms with van der Waals surface area (Å²) in [6.07, 6.45) is 13.2. The van der Waals surface area contributed by atoms with E-state index in [0.717, 1.165) is 138 Å². The van der Waals surface area contributed by atoms with Gasteiger partial charge in [-0.1, -0.05) is 91.0 Å². The Morgan fingerprint density at radius 3 is 1.51 bits per heavy atom. The first-order valence-electron chi connectivity index (χ1n) is 22.3. The summed E-state index contributed by atoms with van der Waals surface area (Å²) in [5, 5.41) is 10.8. The van der Waals surface area contributed by atoms with E-state index in [1.54, 1.807) is 0 Å². The second-order valence-electron chi connectivity index (χ2n) is 17.0. The molecule has 0 aliphatic carbocycles. The van der Waals surface area contributed by atoms with Crippen molar-refractivity contribution in [2.75, 3.05) is 0 Å². The molecule has 0 aliphatic rings. The summed E-state index contributed by atoms with van der Waals surface area (Å²) in [6.45, 7) is 0. The molecule has 0 radical (unpaired) electrons. The van der Waals surface area contributed by atoms with Crippen LogP contribution < -0.4 is 0 Å². The Morgan fingerprint density at radius 1 is 0.299 bits per heavy atom. The van der Waals surface area contributed by atoms with Crippen molar-refractivity contribution in [2.45, 2.75) is 0 Å². The second kappa shape index (κ2) is 14.6. The Hall–Kier alpha value is -9.27. The van der Waals surface area contributed by atoms with Gasteiger partial charge in [-0.3, -0.25) is 34.5 Å². The molecule has 6 aromatic carbocycles. The number of fused-ring (bicyclic) bond motifs is 12. The fourth-order valence-electron chi connectivity index (χ4n) is 10.2. The third-order valence-corrected chi connectivity index (χ3v) is 13.3. The van der Waals surface area contributed by atoms with Crippen LogP contribution in [-0.4, -0.2) is 39.5 Å². The Morgan fingerprint density at radius 2 is 0.851 bits per heavy atom. The largest absolute Gasteiger partial charge is 0.293 e. The lowest BCUT2D eigenvalue weighted by Gasteiger charge is -2.14. The van der Waals surface area contributed by atoms with Crippen molar-refractivity contribution in [3.63, 3.8) is 0 Å². The van der Waals surface area contributed by atoms with Crippen molar-refractivity contribution in [1.82, 2.24) is 39.5 Å². The fourth-order valence-corrected chi connectivity index (χ4v) is 10.2. The van der Waals surface area contributed by atoms with Gasteiger partial charge in [0.1, 0.15) is 5.82 Å². The summed E-state index contributed by atoms with van der Waals surface area (Å²) >= 11 is 0. The first-order chi connectivity index (χ1) is 33.2. The van der Waals surface area contributed by atoms with Gasteiger partial charge in [-0.2, -0.15) is 0 Å². The monoisotopic (exact) mass is 854 g/mol. The zero-order valence-corrected chi connectivity index (χ0v) is 35.7. The van der Waals surface area contributed by atoms with Crippen molar-refractivity contribution in [3.8, 4) is 50.6 Å². The molecule has 67 heavy (non-hydrogen) atoms. The minimum absolute atomic E-state index is 0.880. The maximum absolute atomic E-state index is 5.22. The van der Waals surface area contributed by atoms with Crippen LogP contribution in [0.15, 0.2) is 207 Å². The van der Waals surface area contributed by atoms with Gasteiger partial charge in [-0.15, -0.1) is 0 Å². The quantitative estimate of drug-likeness (QED) is 0.159. The molecule has 0 aliphatic heterocycles. The zero-order valence-electron chi connectivity index (χ0n) is 35.7. The average molecular weight is 855 g/mol. The van der Waals surface area contributed by atoms with E-state index in [-0.39, 0.29) is 0 Å². The van der Waals surface area contributed by atoms with Crippen LogP contribution in [0, 0.1) is 0 Å². The van der Waals surface area contributed by atoms with Crippen molar-refractivity contribution in [1.29, 1.82) is 0 Å². The molecule has 0 saturated carbocycles. The third kappa shape index (κ3) is 5.76. The molecular formula is C59H34N8. The van der Waals surface area contributed by atoms with E-state index in [2.05, 4.69) is 154 Å². The normalized spacial score (nSPS) is 11.9. The minimum atomic E-state index is 0.880. The summed E-state index contributed by atoms with van der Waals surface area (Å²) in [6, 6.07) is 57.5. The van der Waals surface area contributed by atoms with Gasteiger partial charge in [-0.25, -0.2) is 4.98 Å². The van der Waals surface area contributed by atoms with Crippen LogP contribution in [0.25, 0.3) is 138 Å². The SMILES string of the molecule is c1ccc2c(-n3c4ccc(-c5ccc(-c6cc7cccnc7c7ncccc67)cn5)cc4c4cc(-c5ccc(-c6cc7cccnc7c7ncccc67)cn5)c5ccccc5c43)nccc2c1. The van der Waals surface area contributed by atoms with Crippen LogP contribution in [0.3, 0.4) is 0 Å². The van der Waals surface area contributed by atoms with E-state index >= 15 is 0 Å².